The number of hydrogen-bond acceptors (Lipinski definition) is 8. The van der Waals surface area contributed by atoms with Crippen molar-refractivity contribution in [1.29, 1.82) is 0 Å². The quantitative estimate of drug-likeness (QED) is 0.251. The number of esters is 1. The summed E-state index contributed by atoms with van der Waals surface area (Å²) in [5.41, 5.74) is 2.46. The highest BCUT2D eigenvalue weighted by molar-refractivity contribution is 9.10. The van der Waals surface area contributed by atoms with Crippen molar-refractivity contribution in [2.75, 3.05) is 37.1 Å². The Kier molecular flexibility index (Phi) is 9.99. The molecule has 0 radical (unpaired) electrons. The number of nitrogens with zero attached hydrogens (tertiary/aromatic N) is 2. The van der Waals surface area contributed by atoms with Crippen molar-refractivity contribution < 1.29 is 23.9 Å². The third-order valence-corrected chi connectivity index (χ3v) is 9.46. The number of thioether (sulfide) groups is 1. The summed E-state index contributed by atoms with van der Waals surface area (Å²) in [6, 6.07) is 5.96. The van der Waals surface area contributed by atoms with Crippen molar-refractivity contribution in [3.05, 3.63) is 43.5 Å². The second kappa shape index (κ2) is 13.2. The molecule has 0 spiro atoms. The molecular formula is C25H28BrN3O5S3. The topological polar surface area (TPSA) is 99.0 Å². The molecule has 1 aliphatic rings. The lowest BCUT2D eigenvalue weighted by atomic mass is 9.95. The number of ether oxygens (including phenoxy) is 2. The van der Waals surface area contributed by atoms with Gasteiger partial charge in [-0.15, -0.1) is 23.1 Å². The zero-order valence-electron chi connectivity index (χ0n) is 20.6. The second-order valence-electron chi connectivity index (χ2n) is 8.30. The number of halogens is 1. The van der Waals surface area contributed by atoms with Crippen molar-refractivity contribution in [2.45, 2.75) is 39.2 Å². The number of rotatable bonds is 10. The number of aryl methyl sites for hydroxylation is 1. The van der Waals surface area contributed by atoms with Crippen LogP contribution in [0.25, 0.3) is 10.2 Å². The Morgan fingerprint density at radius 3 is 2.78 bits per heavy atom. The van der Waals surface area contributed by atoms with Crippen molar-refractivity contribution in [3.8, 4) is 0 Å². The van der Waals surface area contributed by atoms with Crippen LogP contribution in [0.4, 0.5) is 5.00 Å². The predicted molar refractivity (Wildman–Crippen MR) is 153 cm³/mol. The van der Waals surface area contributed by atoms with Gasteiger partial charge in [0.05, 0.1) is 41.0 Å². The highest BCUT2D eigenvalue weighted by atomic mass is 79.9. The Morgan fingerprint density at radius 1 is 1.19 bits per heavy atom. The molecule has 0 fully saturated rings. The summed E-state index contributed by atoms with van der Waals surface area (Å²) in [7, 11) is 1.35. The van der Waals surface area contributed by atoms with Gasteiger partial charge in [-0.2, -0.15) is 4.99 Å². The van der Waals surface area contributed by atoms with Crippen molar-refractivity contribution in [1.82, 2.24) is 4.57 Å². The van der Waals surface area contributed by atoms with Crippen LogP contribution in [0, 0.1) is 0 Å². The van der Waals surface area contributed by atoms with Crippen molar-refractivity contribution >= 4 is 83.4 Å². The summed E-state index contributed by atoms with van der Waals surface area (Å²) < 4.78 is 14.4. The van der Waals surface area contributed by atoms with E-state index in [1.165, 1.54) is 41.5 Å². The Hall–Kier alpha value is -1.99. The van der Waals surface area contributed by atoms with E-state index in [2.05, 4.69) is 26.2 Å². The number of anilines is 1. The molecule has 198 valence electrons. The van der Waals surface area contributed by atoms with Crippen LogP contribution < -0.4 is 10.1 Å². The van der Waals surface area contributed by atoms with Gasteiger partial charge < -0.3 is 19.4 Å². The fourth-order valence-corrected chi connectivity index (χ4v) is 7.67. The lowest BCUT2D eigenvalue weighted by molar-refractivity contribution is -0.115. The van der Waals surface area contributed by atoms with Gasteiger partial charge in [-0.25, -0.2) is 4.79 Å². The lowest BCUT2D eigenvalue weighted by Gasteiger charge is -2.11. The average molecular weight is 627 g/mol. The molecule has 1 N–H and O–H groups in total. The van der Waals surface area contributed by atoms with E-state index in [0.29, 0.717) is 35.1 Å². The van der Waals surface area contributed by atoms with Crippen LogP contribution in [0.15, 0.2) is 27.7 Å². The molecule has 2 amide bonds. The Morgan fingerprint density at radius 2 is 2.00 bits per heavy atom. The van der Waals surface area contributed by atoms with E-state index in [-0.39, 0.29) is 23.3 Å². The maximum Gasteiger partial charge on any atom is 0.341 e. The van der Waals surface area contributed by atoms with E-state index in [9.17, 15) is 14.4 Å². The lowest BCUT2D eigenvalue weighted by Crippen LogP contribution is -2.20. The van der Waals surface area contributed by atoms with E-state index in [4.69, 9.17) is 9.47 Å². The fourth-order valence-electron chi connectivity index (χ4n) is 4.15. The zero-order valence-corrected chi connectivity index (χ0v) is 24.7. The smallest absolute Gasteiger partial charge is 0.341 e. The number of amides is 2. The normalized spacial score (nSPS) is 13.5. The van der Waals surface area contributed by atoms with Crippen LogP contribution in [0.5, 0.6) is 0 Å². The van der Waals surface area contributed by atoms with Gasteiger partial charge in [0.15, 0.2) is 4.80 Å². The number of hydrogen-bond donors (Lipinski definition) is 1. The predicted octanol–water partition coefficient (Wildman–Crippen LogP) is 5.03. The molecule has 0 bridgehead atoms. The number of benzene rings is 1. The molecule has 12 heteroatoms. The van der Waals surface area contributed by atoms with Crippen molar-refractivity contribution in [3.63, 3.8) is 0 Å². The number of fused-ring (bicyclic) bond motifs is 2. The number of thiophene rings is 1. The Bertz CT molecular complexity index is 1380. The van der Waals surface area contributed by atoms with E-state index in [1.807, 2.05) is 29.7 Å². The fraction of sp³-hybridized carbons (Fsp3) is 0.440. The van der Waals surface area contributed by atoms with Crippen LogP contribution in [0.1, 0.15) is 40.6 Å². The molecule has 1 aromatic carbocycles. The molecule has 0 aliphatic heterocycles. The van der Waals surface area contributed by atoms with E-state index in [0.717, 1.165) is 50.8 Å². The highest BCUT2D eigenvalue weighted by Gasteiger charge is 2.26. The molecule has 37 heavy (non-hydrogen) atoms. The number of aromatic nitrogens is 1. The van der Waals surface area contributed by atoms with Gasteiger partial charge in [-0.1, -0.05) is 27.3 Å². The molecule has 2 heterocycles. The van der Waals surface area contributed by atoms with Crippen LogP contribution in [-0.2, 0) is 38.4 Å². The molecule has 3 aromatic rings. The van der Waals surface area contributed by atoms with Gasteiger partial charge in [0.2, 0.25) is 5.91 Å². The van der Waals surface area contributed by atoms with E-state index in [1.54, 1.807) is 0 Å². The maximum absolute atomic E-state index is 12.7. The van der Waals surface area contributed by atoms with Crippen LogP contribution in [0.3, 0.4) is 0 Å². The summed E-state index contributed by atoms with van der Waals surface area (Å²) in [6.07, 6.45) is 3.82. The molecule has 2 aromatic heterocycles. The number of thiazole rings is 1. The molecule has 8 nitrogen and oxygen atoms in total. The first-order chi connectivity index (χ1) is 17.9. The molecule has 0 saturated heterocycles. The number of carbonyl (C=O) groups is 3. The number of methoxy groups -OCH3 is 1. The minimum Gasteiger partial charge on any atom is -0.465 e. The van der Waals surface area contributed by atoms with Crippen molar-refractivity contribution in [2.24, 2.45) is 4.99 Å². The number of carbonyl (C=O) groups excluding carboxylic acids is 3. The third-order valence-electron chi connectivity index (χ3n) is 5.80. The van der Waals surface area contributed by atoms with Gasteiger partial charge >= 0.3 is 5.97 Å². The third kappa shape index (κ3) is 6.91. The van der Waals surface area contributed by atoms with Crippen LogP contribution >= 0.6 is 50.4 Å². The molecule has 1 aliphatic carbocycles. The summed E-state index contributed by atoms with van der Waals surface area (Å²) >= 11 is 7.58. The number of nitrogens with one attached hydrogen (secondary N) is 1. The summed E-state index contributed by atoms with van der Waals surface area (Å²) in [6.45, 7) is 3.67. The Labute approximate surface area is 235 Å². The van der Waals surface area contributed by atoms with E-state index >= 15 is 0 Å². The van der Waals surface area contributed by atoms with Crippen LogP contribution in [-0.4, -0.2) is 54.2 Å². The summed E-state index contributed by atoms with van der Waals surface area (Å²) in [5.74, 6) is -0.852. The van der Waals surface area contributed by atoms with Gasteiger partial charge in [0, 0.05) is 22.5 Å². The molecule has 4 rings (SSSR count). The SMILES string of the molecule is CCOCCn1c(=NC(=O)CSCC(=O)Nc2sc3c(c2C(=O)OC)CCCC3)sc2cc(Br)ccc21. The molecule has 0 saturated carbocycles. The first-order valence-electron chi connectivity index (χ1n) is 12.0. The standard InChI is InChI=1S/C25H28BrN3O5S3/c1-3-34-11-10-29-17-9-8-15(26)12-19(17)37-25(29)28-21(31)14-35-13-20(30)27-23-22(24(32)33-2)16-6-4-5-7-18(16)36-23/h8-9,12H,3-7,10-11,13-14H2,1-2H3,(H,27,30). The Balaban J connectivity index is 1.40. The first kappa shape index (κ1) is 28.0. The van der Waals surface area contributed by atoms with Gasteiger partial charge in [-0.05, 0) is 56.4 Å². The second-order valence-corrected chi connectivity index (χ2v) is 12.3. The molecular weight excluding hydrogens is 598 g/mol. The zero-order chi connectivity index (χ0) is 26.4. The maximum atomic E-state index is 12.7. The van der Waals surface area contributed by atoms with Gasteiger partial charge in [0.25, 0.3) is 5.91 Å². The van der Waals surface area contributed by atoms with Gasteiger partial charge in [0.1, 0.15) is 5.00 Å². The van der Waals surface area contributed by atoms with Gasteiger partial charge in [-0.3, -0.25) is 9.59 Å². The largest absolute Gasteiger partial charge is 0.465 e. The minimum atomic E-state index is -0.427. The summed E-state index contributed by atoms with van der Waals surface area (Å²) in [4.78, 5) is 43.8. The van der Waals surface area contributed by atoms with E-state index < -0.39 is 5.97 Å². The molecule has 0 unspecified atom stereocenters. The van der Waals surface area contributed by atoms with Crippen LogP contribution in [0.2, 0.25) is 0 Å². The first-order valence-corrected chi connectivity index (χ1v) is 15.5. The monoisotopic (exact) mass is 625 g/mol. The summed E-state index contributed by atoms with van der Waals surface area (Å²) in [5, 5.41) is 3.40. The molecule has 0 atom stereocenters. The highest BCUT2D eigenvalue weighted by Crippen LogP contribution is 2.38. The average Bonchev–Trinajstić information content (AvgIpc) is 3.40. The minimum absolute atomic E-state index is 0.0711.